The van der Waals surface area contributed by atoms with Crippen molar-refractivity contribution >= 4 is 6.41 Å². The molecule has 0 radical (unpaired) electrons. The molecule has 80 valence electrons. The molecule has 1 rings (SSSR count). The van der Waals surface area contributed by atoms with Crippen LogP contribution in [0.5, 0.6) is 0 Å². The average molecular weight is 198 g/mol. The predicted molar refractivity (Wildman–Crippen MR) is 54.9 cm³/mol. The normalized spacial score (nSPS) is 22.4. The van der Waals surface area contributed by atoms with Crippen LogP contribution >= 0.6 is 0 Å². The van der Waals surface area contributed by atoms with Gasteiger partial charge in [-0.3, -0.25) is 10.1 Å². The Bertz CT molecular complexity index is 239. The lowest BCUT2D eigenvalue weighted by molar-refractivity contribution is -0.109. The van der Waals surface area contributed by atoms with E-state index in [1.165, 1.54) is 0 Å². The number of carbonyl (C=O) groups excluding carboxylic acids is 1. The Morgan fingerprint density at radius 1 is 1.71 bits per heavy atom. The van der Waals surface area contributed by atoms with Crippen molar-refractivity contribution in [2.24, 2.45) is 5.73 Å². The van der Waals surface area contributed by atoms with E-state index in [9.17, 15) is 4.79 Å². The van der Waals surface area contributed by atoms with Crippen molar-refractivity contribution in [2.45, 2.75) is 26.4 Å². The summed E-state index contributed by atoms with van der Waals surface area (Å²) < 4.78 is 0. The van der Waals surface area contributed by atoms with Gasteiger partial charge in [-0.15, -0.1) is 0 Å². The van der Waals surface area contributed by atoms with Crippen LogP contribution < -0.4 is 16.4 Å². The predicted octanol–water partition coefficient (Wildman–Crippen LogP) is -0.479. The van der Waals surface area contributed by atoms with E-state index in [-0.39, 0.29) is 6.17 Å². The van der Waals surface area contributed by atoms with E-state index in [4.69, 9.17) is 5.73 Å². The third-order valence-electron chi connectivity index (χ3n) is 2.47. The van der Waals surface area contributed by atoms with Crippen LogP contribution in [0.15, 0.2) is 11.5 Å². The molecular formula is C9H18N4O. The summed E-state index contributed by atoms with van der Waals surface area (Å²) in [5.74, 6) is 0.671. The van der Waals surface area contributed by atoms with Gasteiger partial charge in [-0.05, 0) is 13.3 Å². The number of nitrogens with zero attached hydrogens (tertiary/aromatic N) is 1. The molecule has 0 saturated heterocycles. The van der Waals surface area contributed by atoms with E-state index >= 15 is 0 Å². The van der Waals surface area contributed by atoms with E-state index in [1.54, 1.807) is 0 Å². The Hall–Kier alpha value is -1.23. The fraction of sp³-hybridized carbons (Fsp3) is 0.667. The van der Waals surface area contributed by atoms with Crippen molar-refractivity contribution in [2.75, 3.05) is 13.1 Å². The minimum absolute atomic E-state index is 0.275. The summed E-state index contributed by atoms with van der Waals surface area (Å²) in [5, 5.41) is 5.91. The molecule has 1 atom stereocenters. The van der Waals surface area contributed by atoms with Crippen molar-refractivity contribution in [3.8, 4) is 0 Å². The number of amides is 1. The third-order valence-corrected chi connectivity index (χ3v) is 2.47. The van der Waals surface area contributed by atoms with Crippen LogP contribution in [0.25, 0.3) is 0 Å². The summed E-state index contributed by atoms with van der Waals surface area (Å²) in [7, 11) is 0. The van der Waals surface area contributed by atoms with Crippen LogP contribution in [0, 0.1) is 0 Å². The second-order valence-electron chi connectivity index (χ2n) is 3.22. The van der Waals surface area contributed by atoms with Gasteiger partial charge in [-0.25, -0.2) is 0 Å². The van der Waals surface area contributed by atoms with Gasteiger partial charge in [0.2, 0.25) is 6.41 Å². The van der Waals surface area contributed by atoms with Crippen molar-refractivity contribution < 1.29 is 4.79 Å². The smallest absolute Gasteiger partial charge is 0.211 e. The standard InChI is InChI=1S/C9H18N4O/c1-3-8-11-5-7(12-6-14)9(10)13(8)4-2/h6,8,11H,3-5,10H2,1-2H3,(H,12,14). The van der Waals surface area contributed by atoms with Gasteiger partial charge in [-0.1, -0.05) is 6.92 Å². The first kappa shape index (κ1) is 10.8. The molecule has 1 heterocycles. The second kappa shape index (κ2) is 4.85. The molecule has 0 saturated carbocycles. The lowest BCUT2D eigenvalue weighted by Gasteiger charge is -2.38. The summed E-state index contributed by atoms with van der Waals surface area (Å²) in [6.07, 6.45) is 1.92. The molecule has 1 unspecified atom stereocenters. The maximum Gasteiger partial charge on any atom is 0.211 e. The minimum atomic E-state index is 0.275. The highest BCUT2D eigenvalue weighted by molar-refractivity contribution is 5.50. The first-order valence-electron chi connectivity index (χ1n) is 4.93. The molecule has 1 aliphatic heterocycles. The van der Waals surface area contributed by atoms with E-state index in [1.807, 2.05) is 6.92 Å². The number of hydrogen-bond donors (Lipinski definition) is 3. The quantitative estimate of drug-likeness (QED) is 0.534. The fourth-order valence-electron chi connectivity index (χ4n) is 1.71. The van der Waals surface area contributed by atoms with Crippen LogP contribution in [-0.4, -0.2) is 30.6 Å². The molecule has 0 aromatic rings. The Morgan fingerprint density at radius 2 is 2.43 bits per heavy atom. The summed E-state index contributed by atoms with van der Waals surface area (Å²) in [4.78, 5) is 12.4. The van der Waals surface area contributed by atoms with Crippen LogP contribution in [0.1, 0.15) is 20.3 Å². The molecule has 0 aromatic carbocycles. The number of carbonyl (C=O) groups is 1. The van der Waals surface area contributed by atoms with Gasteiger partial charge < -0.3 is 16.0 Å². The van der Waals surface area contributed by atoms with Crippen molar-refractivity contribution in [3.63, 3.8) is 0 Å². The molecule has 0 bridgehead atoms. The fourth-order valence-corrected chi connectivity index (χ4v) is 1.71. The molecule has 1 aliphatic rings. The summed E-state index contributed by atoms with van der Waals surface area (Å²) >= 11 is 0. The topological polar surface area (TPSA) is 70.4 Å². The molecule has 0 fully saturated rings. The molecule has 5 heteroatoms. The highest BCUT2D eigenvalue weighted by atomic mass is 16.1. The van der Waals surface area contributed by atoms with Gasteiger partial charge in [0.15, 0.2) is 0 Å². The third kappa shape index (κ3) is 1.98. The van der Waals surface area contributed by atoms with Crippen LogP contribution in [0.3, 0.4) is 0 Å². The molecule has 4 N–H and O–H groups in total. The lowest BCUT2D eigenvalue weighted by Crippen LogP contribution is -2.53. The zero-order valence-electron chi connectivity index (χ0n) is 8.71. The average Bonchev–Trinajstić information content (AvgIpc) is 2.21. The minimum Gasteiger partial charge on any atom is -0.384 e. The lowest BCUT2D eigenvalue weighted by atomic mass is 10.2. The maximum atomic E-state index is 10.3. The van der Waals surface area contributed by atoms with E-state index < -0.39 is 0 Å². The summed E-state index contributed by atoms with van der Waals surface area (Å²) in [5.41, 5.74) is 6.69. The number of hydrogen-bond acceptors (Lipinski definition) is 4. The first-order chi connectivity index (χ1) is 6.74. The Labute approximate surface area is 84.3 Å². The second-order valence-corrected chi connectivity index (χ2v) is 3.22. The molecule has 5 nitrogen and oxygen atoms in total. The van der Waals surface area contributed by atoms with Gasteiger partial charge in [0, 0.05) is 13.1 Å². The van der Waals surface area contributed by atoms with Gasteiger partial charge in [0.05, 0.1) is 11.9 Å². The monoisotopic (exact) mass is 198 g/mol. The molecule has 1 amide bonds. The number of nitrogens with two attached hydrogens (primary N) is 1. The van der Waals surface area contributed by atoms with Gasteiger partial charge in [-0.2, -0.15) is 0 Å². The van der Waals surface area contributed by atoms with Crippen LogP contribution in [0.4, 0.5) is 0 Å². The largest absolute Gasteiger partial charge is 0.384 e. The van der Waals surface area contributed by atoms with Gasteiger partial charge >= 0.3 is 0 Å². The number of rotatable bonds is 4. The molecular weight excluding hydrogens is 180 g/mol. The Kier molecular flexibility index (Phi) is 3.76. The maximum absolute atomic E-state index is 10.3. The van der Waals surface area contributed by atoms with Crippen LogP contribution in [-0.2, 0) is 4.79 Å². The van der Waals surface area contributed by atoms with Gasteiger partial charge in [0.25, 0.3) is 0 Å². The van der Waals surface area contributed by atoms with Gasteiger partial charge in [0.1, 0.15) is 5.82 Å². The molecule has 0 spiro atoms. The number of nitrogens with one attached hydrogen (secondary N) is 2. The van der Waals surface area contributed by atoms with E-state index in [0.717, 1.165) is 18.7 Å². The Balaban J connectivity index is 2.82. The summed E-state index contributed by atoms with van der Waals surface area (Å²) in [6.45, 7) is 5.60. The van der Waals surface area contributed by atoms with Crippen molar-refractivity contribution in [3.05, 3.63) is 11.5 Å². The van der Waals surface area contributed by atoms with E-state index in [2.05, 4.69) is 22.5 Å². The molecule has 0 aliphatic carbocycles. The summed E-state index contributed by atoms with van der Waals surface area (Å²) in [6, 6.07) is 0. The molecule has 0 aromatic heterocycles. The Morgan fingerprint density at radius 3 is 2.93 bits per heavy atom. The zero-order valence-corrected chi connectivity index (χ0v) is 8.71. The van der Waals surface area contributed by atoms with Crippen molar-refractivity contribution in [1.29, 1.82) is 0 Å². The van der Waals surface area contributed by atoms with Crippen LogP contribution in [0.2, 0.25) is 0 Å². The van der Waals surface area contributed by atoms with E-state index in [0.29, 0.717) is 18.8 Å². The SMILES string of the molecule is CCC1NCC(NC=O)=C(N)N1CC. The van der Waals surface area contributed by atoms with Crippen molar-refractivity contribution in [1.82, 2.24) is 15.5 Å². The highest BCUT2D eigenvalue weighted by Gasteiger charge is 2.23. The highest BCUT2D eigenvalue weighted by Crippen LogP contribution is 2.13. The first-order valence-corrected chi connectivity index (χ1v) is 4.93. The zero-order chi connectivity index (χ0) is 10.6. The molecule has 14 heavy (non-hydrogen) atoms.